The number of nitro benzene ring substituents is 4. The molecule has 0 aliphatic carbocycles. The number of likely N-dealkylation sites (N-methyl/N-ethyl adjacent to an activating group) is 1. The molecule has 0 radical (unpaired) electrons. The third-order valence-corrected chi connectivity index (χ3v) is 9.76. The highest BCUT2D eigenvalue weighted by Gasteiger charge is 2.27. The van der Waals surface area contributed by atoms with E-state index in [1.54, 1.807) is 0 Å². The molecular weight excluding hydrogens is 837 g/mol. The molecule has 2 aromatic rings. The Balaban J connectivity index is 0.000000419. The molecule has 25 nitrogen and oxygen atoms in total. The fraction of sp³-hybridized carbons (Fsp3) is 0.625. The van der Waals surface area contributed by atoms with E-state index in [1.165, 1.54) is 49.9 Å². The van der Waals surface area contributed by atoms with Gasteiger partial charge in [0.05, 0.1) is 73.3 Å². The lowest BCUT2D eigenvalue weighted by Crippen LogP contribution is -2.43. The Morgan fingerprint density at radius 2 is 1.08 bits per heavy atom. The zero-order valence-electron chi connectivity index (χ0n) is 33.0. The molecular formula is C32H50N6O19S2. The first kappa shape index (κ1) is 52.3. The van der Waals surface area contributed by atoms with Crippen molar-refractivity contribution in [2.45, 2.75) is 38.5 Å². The van der Waals surface area contributed by atoms with E-state index in [0.717, 1.165) is 96.7 Å². The van der Waals surface area contributed by atoms with Gasteiger partial charge in [0.15, 0.2) is 11.5 Å². The minimum Gasteiger partial charge on any atom is -0.726 e. The van der Waals surface area contributed by atoms with E-state index in [1.807, 2.05) is 0 Å². The molecule has 3 heterocycles. The van der Waals surface area contributed by atoms with Gasteiger partial charge >= 0.3 is 21.8 Å². The number of hydrogen-bond donors (Lipinski definition) is 0. The van der Waals surface area contributed by atoms with E-state index in [9.17, 15) is 61.8 Å². The van der Waals surface area contributed by atoms with Crippen LogP contribution >= 0.6 is 0 Å². The van der Waals surface area contributed by atoms with Gasteiger partial charge in [-0.15, -0.1) is 0 Å². The van der Waals surface area contributed by atoms with Crippen LogP contribution in [0.3, 0.4) is 0 Å². The third kappa shape index (κ3) is 21.7. The van der Waals surface area contributed by atoms with Crippen molar-refractivity contribution in [3.05, 3.63) is 76.9 Å². The van der Waals surface area contributed by atoms with E-state index in [4.69, 9.17) is 14.2 Å². The maximum Gasteiger partial charge on any atom is 0.399 e. The van der Waals surface area contributed by atoms with Crippen molar-refractivity contribution in [2.75, 3.05) is 94.1 Å². The average molecular weight is 887 g/mol. The lowest BCUT2D eigenvalue weighted by atomic mass is 10.2. The molecule has 3 aliphatic rings. The van der Waals surface area contributed by atoms with Crippen LogP contribution in [0, 0.1) is 40.5 Å². The first-order valence-electron chi connectivity index (χ1n) is 17.8. The number of quaternary nitrogens is 1. The summed E-state index contributed by atoms with van der Waals surface area (Å²) >= 11 is 0. The molecule has 0 aromatic heterocycles. The number of nitrogens with zero attached hydrogens (tertiary/aromatic N) is 6. The van der Waals surface area contributed by atoms with Crippen molar-refractivity contribution in [1.82, 2.24) is 4.90 Å². The normalized spacial score (nSPS) is 15.7. The van der Waals surface area contributed by atoms with E-state index in [0.29, 0.717) is 19.8 Å². The molecule has 0 atom stereocenters. The van der Waals surface area contributed by atoms with Crippen LogP contribution in [0.1, 0.15) is 38.5 Å². The molecule has 334 valence electrons. The van der Waals surface area contributed by atoms with Crippen molar-refractivity contribution in [3.63, 3.8) is 0 Å². The molecule has 27 heteroatoms. The summed E-state index contributed by atoms with van der Waals surface area (Å²) in [5.41, 5.74) is -1.37. The predicted molar refractivity (Wildman–Crippen MR) is 206 cm³/mol. The lowest BCUT2D eigenvalue weighted by molar-refractivity contribution is -0.897. The van der Waals surface area contributed by atoms with Gasteiger partial charge in [-0.05, 0) is 50.9 Å². The number of non-ortho nitro benzene ring substituents is 2. The molecule has 0 spiro atoms. The monoisotopic (exact) mass is 886 g/mol. The van der Waals surface area contributed by atoms with Crippen LogP contribution < -0.4 is 9.47 Å². The summed E-state index contributed by atoms with van der Waals surface area (Å²) in [6.45, 7) is 8.38. The van der Waals surface area contributed by atoms with Gasteiger partial charge in [0.2, 0.25) is 10.4 Å². The topological polar surface area (TPSA) is 323 Å². The van der Waals surface area contributed by atoms with E-state index in [-0.39, 0.29) is 34.2 Å². The largest absolute Gasteiger partial charge is 0.726 e. The summed E-state index contributed by atoms with van der Waals surface area (Å²) in [5, 5.41) is 43.2. The van der Waals surface area contributed by atoms with Crippen LogP contribution in [0.4, 0.5) is 22.7 Å². The zero-order valence-corrected chi connectivity index (χ0v) is 34.7. The highest BCUT2D eigenvalue weighted by atomic mass is 32.3. The Labute approximate surface area is 341 Å². The van der Waals surface area contributed by atoms with Crippen molar-refractivity contribution in [3.8, 4) is 11.5 Å². The fourth-order valence-electron chi connectivity index (χ4n) is 5.34. The van der Waals surface area contributed by atoms with Crippen molar-refractivity contribution in [1.29, 1.82) is 0 Å². The molecule has 0 bridgehead atoms. The first-order valence-corrected chi connectivity index (χ1v) is 20.5. The molecule has 2 aromatic carbocycles. The van der Waals surface area contributed by atoms with E-state index in [2.05, 4.69) is 24.5 Å². The maximum atomic E-state index is 11.0. The standard InChI is InChI=1S/C13H18N3O5.C12H15N3O5.C4H8O.C2H6O4S.CH4O4S/c1-16(6-2-3-7-16)8-9-21-13-5-4-11(14(17)18)10-12(13)15(19)20;16-14(17)10-3-4-12(11(9-10)15(18)19)20-8-7-13-5-1-2-6-13;1-2-4-5-3-1;1-5-7(3,4)6-2;1-5-6(2,3)4/h4-5,10H,2-3,6-9H2,1H3;3-4,9H,1-2,5-8H2;1-4H2;1-2H3;1H3,(H,2,3,4)/q+1;;;;/p-1. The highest BCUT2D eigenvalue weighted by molar-refractivity contribution is 7.81. The number of ether oxygens (including phenoxy) is 3. The van der Waals surface area contributed by atoms with E-state index >= 15 is 0 Å². The van der Waals surface area contributed by atoms with Crippen molar-refractivity contribution in [2.24, 2.45) is 0 Å². The number of hydrogen-bond acceptors (Lipinski definition) is 20. The molecule has 3 saturated heterocycles. The number of likely N-dealkylation sites (tertiary alicyclic amines) is 2. The van der Waals surface area contributed by atoms with Gasteiger partial charge in [-0.1, -0.05) is 0 Å². The Morgan fingerprint density at radius 1 is 0.661 bits per heavy atom. The summed E-state index contributed by atoms with van der Waals surface area (Å²) in [6, 6.07) is 6.85. The van der Waals surface area contributed by atoms with Crippen LogP contribution in [0.2, 0.25) is 0 Å². The van der Waals surface area contributed by atoms with Crippen LogP contribution in [0.5, 0.6) is 11.5 Å². The Hall–Kier alpha value is -4.74. The molecule has 0 saturated carbocycles. The highest BCUT2D eigenvalue weighted by Crippen LogP contribution is 2.32. The van der Waals surface area contributed by atoms with Crippen molar-refractivity contribution >= 4 is 43.5 Å². The van der Waals surface area contributed by atoms with Gasteiger partial charge in [-0.2, -0.15) is 8.42 Å². The zero-order chi connectivity index (χ0) is 44.6. The summed E-state index contributed by atoms with van der Waals surface area (Å²) < 4.78 is 75.3. The van der Waals surface area contributed by atoms with Gasteiger partial charge in [-0.25, -0.2) is 8.42 Å². The Kier molecular flexibility index (Phi) is 23.4. The predicted octanol–water partition coefficient (Wildman–Crippen LogP) is 3.51. The SMILES string of the molecule is C1CCOC1.COS(=O)(=O)OC.COS(=O)(=O)[O-].C[N+]1(CCOc2ccc([N+](=O)[O-])cc2[N+](=O)[O-])CCCC1.O=[N+]([O-])c1ccc(OCCN2CCCC2)c([N+](=O)[O-])c1. The molecule has 3 fully saturated rings. The molecule has 0 unspecified atom stereocenters. The average Bonchev–Trinajstić information content (AvgIpc) is 4.02. The number of rotatable bonds is 15. The number of nitro groups is 4. The maximum absolute atomic E-state index is 11.0. The molecule has 59 heavy (non-hydrogen) atoms. The quantitative estimate of drug-likeness (QED) is 0.0811. The Morgan fingerprint density at radius 3 is 1.41 bits per heavy atom. The third-order valence-electron chi connectivity index (χ3n) is 8.54. The molecule has 3 aliphatic heterocycles. The minimum atomic E-state index is -4.41. The molecule has 5 rings (SSSR count). The second kappa shape index (κ2) is 26.4. The fourth-order valence-corrected chi connectivity index (χ4v) is 5.47. The lowest BCUT2D eigenvalue weighted by Gasteiger charge is -2.28. The van der Waals surface area contributed by atoms with Crippen LogP contribution in [-0.4, -0.2) is 145 Å². The van der Waals surface area contributed by atoms with Gasteiger partial charge in [-0.3, -0.25) is 57.9 Å². The molecule has 0 N–H and O–H groups in total. The summed E-state index contributed by atoms with van der Waals surface area (Å²) in [4.78, 5) is 42.7. The Bertz CT molecular complexity index is 1850. The second-order valence-electron chi connectivity index (χ2n) is 12.7. The van der Waals surface area contributed by atoms with Gasteiger partial charge in [0.1, 0.15) is 19.8 Å². The van der Waals surface area contributed by atoms with Crippen LogP contribution in [-0.2, 0) is 38.1 Å². The van der Waals surface area contributed by atoms with E-state index < -0.39 is 40.5 Å². The second-order valence-corrected chi connectivity index (χ2v) is 15.3. The smallest absolute Gasteiger partial charge is 0.399 e. The van der Waals surface area contributed by atoms with Gasteiger partial charge in [0.25, 0.3) is 11.4 Å². The summed E-state index contributed by atoms with van der Waals surface area (Å²) in [6.07, 6.45) is 7.26. The van der Waals surface area contributed by atoms with Crippen LogP contribution in [0.15, 0.2) is 36.4 Å². The summed E-state index contributed by atoms with van der Waals surface area (Å²) in [5.74, 6) is 0.149. The summed E-state index contributed by atoms with van der Waals surface area (Å²) in [7, 11) is -3.07. The first-order chi connectivity index (χ1) is 27.7. The number of benzene rings is 2. The molecule has 0 amide bonds. The van der Waals surface area contributed by atoms with Gasteiger partial charge in [0, 0.05) is 44.7 Å². The minimum absolute atomic E-state index is 0.0693. The van der Waals surface area contributed by atoms with Crippen molar-refractivity contribution < 1.29 is 72.3 Å². The van der Waals surface area contributed by atoms with Crippen LogP contribution in [0.25, 0.3) is 0 Å². The van der Waals surface area contributed by atoms with Gasteiger partial charge < -0.3 is 23.2 Å².